The first-order valence-corrected chi connectivity index (χ1v) is 5.90. The maximum absolute atomic E-state index is 13.6. The van der Waals surface area contributed by atoms with Crippen LogP contribution in [0.3, 0.4) is 0 Å². The van der Waals surface area contributed by atoms with E-state index in [0.29, 0.717) is 5.16 Å². The van der Waals surface area contributed by atoms with Gasteiger partial charge in [-0.15, -0.1) is 0 Å². The van der Waals surface area contributed by atoms with E-state index in [9.17, 15) is 13.6 Å². The summed E-state index contributed by atoms with van der Waals surface area (Å²) in [5, 5.41) is 8.87. The third-order valence-electron chi connectivity index (χ3n) is 2.12. The van der Waals surface area contributed by atoms with Crippen LogP contribution in [0.15, 0.2) is 35.7 Å². The number of halogens is 2. The van der Waals surface area contributed by atoms with Gasteiger partial charge in [-0.25, -0.2) is 13.8 Å². The summed E-state index contributed by atoms with van der Waals surface area (Å²) in [4.78, 5) is 14.4. The Morgan fingerprint density at radius 3 is 2.94 bits per heavy atom. The van der Waals surface area contributed by atoms with E-state index in [0.717, 1.165) is 17.8 Å². The third-order valence-corrected chi connectivity index (χ3v) is 3.07. The maximum Gasteiger partial charge on any atom is 0.313 e. The zero-order valence-corrected chi connectivity index (χ0v) is 9.82. The van der Waals surface area contributed by atoms with Crippen LogP contribution >= 0.6 is 11.8 Å². The number of carbonyl (C=O) groups is 1. The summed E-state index contributed by atoms with van der Waals surface area (Å²) in [7, 11) is 0. The van der Waals surface area contributed by atoms with Crippen molar-refractivity contribution < 1.29 is 18.7 Å². The molecule has 2 aromatic rings. The highest BCUT2D eigenvalue weighted by atomic mass is 32.2. The van der Waals surface area contributed by atoms with Crippen LogP contribution in [0.1, 0.15) is 0 Å². The number of thioether (sulfide) groups is 1. The molecule has 0 aliphatic heterocycles. The van der Waals surface area contributed by atoms with Crippen molar-refractivity contribution in [3.05, 3.63) is 42.2 Å². The predicted octanol–water partition coefficient (Wildman–Crippen LogP) is 2.33. The highest BCUT2D eigenvalue weighted by molar-refractivity contribution is 7.99. The summed E-state index contributed by atoms with van der Waals surface area (Å²) >= 11 is 0.934. The van der Waals surface area contributed by atoms with E-state index in [4.69, 9.17) is 5.11 Å². The van der Waals surface area contributed by atoms with Gasteiger partial charge in [0.2, 0.25) is 0 Å². The fourth-order valence-corrected chi connectivity index (χ4v) is 2.07. The van der Waals surface area contributed by atoms with Crippen molar-refractivity contribution in [2.45, 2.75) is 5.16 Å². The number of carboxylic acid groups (broad SMARTS) is 1. The lowest BCUT2D eigenvalue weighted by Crippen LogP contribution is -2.03. The molecule has 0 bridgehead atoms. The molecule has 0 saturated carbocycles. The van der Waals surface area contributed by atoms with E-state index in [1.54, 1.807) is 0 Å². The summed E-state index contributed by atoms with van der Waals surface area (Å²) in [5.74, 6) is -3.16. The maximum atomic E-state index is 13.6. The van der Waals surface area contributed by atoms with Crippen LogP contribution in [-0.2, 0) is 4.79 Å². The number of benzene rings is 1. The van der Waals surface area contributed by atoms with Gasteiger partial charge >= 0.3 is 5.97 Å². The van der Waals surface area contributed by atoms with Gasteiger partial charge in [-0.3, -0.25) is 9.36 Å². The molecule has 1 aromatic carbocycles. The van der Waals surface area contributed by atoms with Gasteiger partial charge in [-0.05, 0) is 12.1 Å². The molecule has 0 aliphatic rings. The molecular weight excluding hydrogens is 262 g/mol. The standard InChI is InChI=1S/C11H8F2N2O2S/c12-7-2-1-3-8(10(7)13)15-5-4-14-11(15)18-6-9(16)17/h1-5H,6H2,(H,16,17). The zero-order chi connectivity index (χ0) is 13.1. The lowest BCUT2D eigenvalue weighted by Gasteiger charge is -2.07. The van der Waals surface area contributed by atoms with Gasteiger partial charge in [0, 0.05) is 12.4 Å². The van der Waals surface area contributed by atoms with Crippen LogP contribution in [0.25, 0.3) is 5.69 Å². The van der Waals surface area contributed by atoms with Gasteiger partial charge in [0.15, 0.2) is 16.8 Å². The first kappa shape index (κ1) is 12.6. The van der Waals surface area contributed by atoms with Gasteiger partial charge in [-0.1, -0.05) is 17.8 Å². The summed E-state index contributed by atoms with van der Waals surface area (Å²) in [6.45, 7) is 0. The molecule has 1 heterocycles. The van der Waals surface area contributed by atoms with Crippen LogP contribution in [0.4, 0.5) is 8.78 Å². The molecule has 0 aliphatic carbocycles. The number of hydrogen-bond donors (Lipinski definition) is 1. The first-order valence-electron chi connectivity index (χ1n) is 4.92. The average molecular weight is 270 g/mol. The molecule has 2 rings (SSSR count). The molecule has 0 unspecified atom stereocenters. The summed E-state index contributed by atoms with van der Waals surface area (Å²) in [6, 6.07) is 3.78. The SMILES string of the molecule is O=C(O)CSc1nccn1-c1cccc(F)c1F. The Kier molecular flexibility index (Phi) is 3.61. The van der Waals surface area contributed by atoms with Crippen LogP contribution in [0, 0.1) is 11.6 Å². The van der Waals surface area contributed by atoms with Gasteiger partial charge in [-0.2, -0.15) is 0 Å². The van der Waals surface area contributed by atoms with E-state index in [1.165, 1.54) is 29.1 Å². The minimum atomic E-state index is -1.01. The second-order valence-electron chi connectivity index (χ2n) is 3.34. The Morgan fingerprint density at radius 1 is 1.44 bits per heavy atom. The summed E-state index contributed by atoms with van der Waals surface area (Å²) in [5.41, 5.74) is 0.000360. The monoisotopic (exact) mass is 270 g/mol. The number of rotatable bonds is 4. The molecule has 1 N–H and O–H groups in total. The Balaban J connectivity index is 2.36. The molecule has 0 saturated heterocycles. The fraction of sp³-hybridized carbons (Fsp3) is 0.0909. The highest BCUT2D eigenvalue weighted by Crippen LogP contribution is 2.23. The number of carboxylic acids is 1. The minimum Gasteiger partial charge on any atom is -0.481 e. The fourth-order valence-electron chi connectivity index (χ4n) is 1.38. The molecule has 0 spiro atoms. The van der Waals surface area contributed by atoms with E-state index < -0.39 is 17.6 Å². The first-order chi connectivity index (χ1) is 8.59. The van der Waals surface area contributed by atoms with Crippen molar-refractivity contribution in [1.29, 1.82) is 0 Å². The molecule has 0 amide bonds. The predicted molar refractivity (Wildman–Crippen MR) is 61.8 cm³/mol. The van der Waals surface area contributed by atoms with Crippen molar-refractivity contribution in [3.8, 4) is 5.69 Å². The van der Waals surface area contributed by atoms with Gasteiger partial charge < -0.3 is 5.11 Å². The topological polar surface area (TPSA) is 55.1 Å². The van der Waals surface area contributed by atoms with Crippen molar-refractivity contribution >= 4 is 17.7 Å². The van der Waals surface area contributed by atoms with Crippen molar-refractivity contribution in [2.75, 3.05) is 5.75 Å². The lowest BCUT2D eigenvalue weighted by molar-refractivity contribution is -0.133. The Bertz CT molecular complexity index is 586. The lowest BCUT2D eigenvalue weighted by atomic mass is 10.3. The number of nitrogens with zero attached hydrogens (tertiary/aromatic N) is 2. The second-order valence-corrected chi connectivity index (χ2v) is 4.28. The smallest absolute Gasteiger partial charge is 0.313 e. The third kappa shape index (κ3) is 2.51. The molecule has 94 valence electrons. The van der Waals surface area contributed by atoms with E-state index in [2.05, 4.69) is 4.98 Å². The highest BCUT2D eigenvalue weighted by Gasteiger charge is 2.13. The molecule has 4 nitrogen and oxygen atoms in total. The summed E-state index contributed by atoms with van der Waals surface area (Å²) < 4.78 is 28.0. The number of hydrogen-bond acceptors (Lipinski definition) is 3. The van der Waals surface area contributed by atoms with Gasteiger partial charge in [0.05, 0.1) is 11.4 Å². The molecule has 0 radical (unpaired) electrons. The number of imidazole rings is 1. The Hall–Kier alpha value is -1.89. The average Bonchev–Trinajstić information content (AvgIpc) is 2.78. The van der Waals surface area contributed by atoms with Crippen molar-refractivity contribution in [2.24, 2.45) is 0 Å². The van der Waals surface area contributed by atoms with Crippen LogP contribution < -0.4 is 0 Å². The van der Waals surface area contributed by atoms with Crippen LogP contribution in [0.5, 0.6) is 0 Å². The van der Waals surface area contributed by atoms with Crippen LogP contribution in [-0.4, -0.2) is 26.4 Å². The minimum absolute atomic E-state index is 0.000360. The van der Waals surface area contributed by atoms with Crippen molar-refractivity contribution in [3.63, 3.8) is 0 Å². The van der Waals surface area contributed by atoms with Gasteiger partial charge in [0.25, 0.3) is 0 Å². The molecular formula is C11H8F2N2O2S. The van der Waals surface area contributed by atoms with E-state index >= 15 is 0 Å². The quantitative estimate of drug-likeness (QED) is 0.866. The molecule has 0 atom stereocenters. The van der Waals surface area contributed by atoms with Crippen molar-refractivity contribution in [1.82, 2.24) is 9.55 Å². The largest absolute Gasteiger partial charge is 0.481 e. The zero-order valence-electron chi connectivity index (χ0n) is 9.01. The van der Waals surface area contributed by atoms with E-state index in [-0.39, 0.29) is 11.4 Å². The second kappa shape index (κ2) is 5.18. The number of aromatic nitrogens is 2. The molecule has 0 fully saturated rings. The number of aliphatic carboxylic acids is 1. The van der Waals surface area contributed by atoms with Gasteiger partial charge in [0.1, 0.15) is 0 Å². The molecule has 7 heteroatoms. The Labute approximate surface area is 105 Å². The molecule has 1 aromatic heterocycles. The Morgan fingerprint density at radius 2 is 2.22 bits per heavy atom. The summed E-state index contributed by atoms with van der Waals surface area (Å²) in [6.07, 6.45) is 2.84. The molecule has 18 heavy (non-hydrogen) atoms. The normalized spacial score (nSPS) is 10.6. The van der Waals surface area contributed by atoms with E-state index in [1.807, 2.05) is 0 Å². The van der Waals surface area contributed by atoms with Crippen LogP contribution in [0.2, 0.25) is 0 Å².